The van der Waals surface area contributed by atoms with E-state index in [9.17, 15) is 13.2 Å². The van der Waals surface area contributed by atoms with E-state index in [0.29, 0.717) is 13.0 Å². The molecule has 2 aliphatic rings. The number of hydrogen-bond donors (Lipinski definition) is 2. The average Bonchev–Trinajstić information content (AvgIpc) is 3.15. The number of halogens is 1. The van der Waals surface area contributed by atoms with Crippen molar-refractivity contribution < 1.29 is 13.2 Å². The van der Waals surface area contributed by atoms with Crippen LogP contribution < -0.4 is 14.9 Å². The lowest BCUT2D eigenvalue weighted by Gasteiger charge is -2.20. The van der Waals surface area contributed by atoms with Crippen molar-refractivity contribution >= 4 is 34.0 Å². The van der Waals surface area contributed by atoms with E-state index < -0.39 is 10.0 Å². The molecule has 1 atom stereocenters. The Kier molecular flexibility index (Phi) is 5.67. The molecule has 0 saturated carbocycles. The second kappa shape index (κ2) is 7.17. The van der Waals surface area contributed by atoms with E-state index in [4.69, 9.17) is 0 Å². The Balaban J connectivity index is 0.00000192. The lowest BCUT2D eigenvalue weighted by molar-refractivity contribution is -0.118. The molecule has 0 aliphatic carbocycles. The van der Waals surface area contributed by atoms with Crippen LogP contribution in [-0.2, 0) is 21.2 Å². The molecule has 1 saturated heterocycles. The molecule has 0 bridgehead atoms. The van der Waals surface area contributed by atoms with Crippen LogP contribution in [0.15, 0.2) is 23.1 Å². The summed E-state index contributed by atoms with van der Waals surface area (Å²) in [6.45, 7) is 1.60. The normalized spacial score (nSPS) is 20.2. The van der Waals surface area contributed by atoms with E-state index in [1.54, 1.807) is 23.1 Å². The summed E-state index contributed by atoms with van der Waals surface area (Å²) in [7, 11) is -2.11. The minimum absolute atomic E-state index is 0. The molecule has 2 aliphatic heterocycles. The molecule has 1 aromatic carbocycles. The maximum atomic E-state index is 12.5. The number of nitrogens with one attached hydrogen (secondary N) is 2. The fraction of sp³-hybridized carbons (Fsp3) is 0.533. The number of amides is 1. The number of carbonyl (C=O) groups excluding carboxylic acids is 1. The zero-order valence-electron chi connectivity index (χ0n) is 13.0. The van der Waals surface area contributed by atoms with Crippen molar-refractivity contribution in [2.24, 2.45) is 0 Å². The maximum absolute atomic E-state index is 12.5. The van der Waals surface area contributed by atoms with Gasteiger partial charge in [-0.1, -0.05) is 6.07 Å². The van der Waals surface area contributed by atoms with E-state index in [2.05, 4.69) is 10.0 Å². The predicted molar refractivity (Wildman–Crippen MR) is 91.6 cm³/mol. The first kappa shape index (κ1) is 18.2. The molecular formula is C15H22ClN3O3S. The molecule has 1 unspecified atom stereocenters. The predicted octanol–water partition coefficient (Wildman–Crippen LogP) is 1.05. The first-order chi connectivity index (χ1) is 10.5. The quantitative estimate of drug-likeness (QED) is 0.842. The van der Waals surface area contributed by atoms with E-state index in [-0.39, 0.29) is 29.3 Å². The molecule has 2 N–H and O–H groups in total. The summed E-state index contributed by atoms with van der Waals surface area (Å²) in [5, 5.41) is 3.33. The number of rotatable bonds is 4. The summed E-state index contributed by atoms with van der Waals surface area (Å²) in [5.74, 6) is 0.0668. The Bertz CT molecular complexity index is 687. The van der Waals surface area contributed by atoms with Gasteiger partial charge in [0.1, 0.15) is 0 Å². The second-order valence-corrected chi connectivity index (χ2v) is 7.68. The summed E-state index contributed by atoms with van der Waals surface area (Å²) in [5.41, 5.74) is 1.77. The topological polar surface area (TPSA) is 78.5 Å². The number of anilines is 1. The third-order valence-electron chi connectivity index (χ3n) is 4.42. The molecule has 0 spiro atoms. The van der Waals surface area contributed by atoms with Crippen LogP contribution in [-0.4, -0.2) is 40.5 Å². The third kappa shape index (κ3) is 3.68. The van der Waals surface area contributed by atoms with Gasteiger partial charge in [0.15, 0.2) is 0 Å². The number of hydrogen-bond acceptors (Lipinski definition) is 4. The van der Waals surface area contributed by atoms with Crippen molar-refractivity contribution in [1.82, 2.24) is 10.0 Å². The SMILES string of the molecule is CNS(=O)(=O)c1ccc2c(c1)N(C(=O)CC1CCCN1)CC2.Cl. The minimum Gasteiger partial charge on any atom is -0.313 e. The molecule has 1 amide bonds. The Labute approximate surface area is 143 Å². The average molecular weight is 360 g/mol. The molecule has 23 heavy (non-hydrogen) atoms. The number of carbonyl (C=O) groups is 1. The Morgan fingerprint density at radius 2 is 2.22 bits per heavy atom. The highest BCUT2D eigenvalue weighted by molar-refractivity contribution is 7.89. The van der Waals surface area contributed by atoms with Gasteiger partial charge in [-0.05, 0) is 50.6 Å². The lowest BCUT2D eigenvalue weighted by atomic mass is 10.1. The summed E-state index contributed by atoms with van der Waals surface area (Å²) >= 11 is 0. The number of nitrogens with zero attached hydrogens (tertiary/aromatic N) is 1. The van der Waals surface area contributed by atoms with Gasteiger partial charge in [0, 0.05) is 24.7 Å². The number of benzene rings is 1. The van der Waals surface area contributed by atoms with Gasteiger partial charge in [0.25, 0.3) is 0 Å². The molecule has 6 nitrogen and oxygen atoms in total. The molecule has 3 rings (SSSR count). The van der Waals surface area contributed by atoms with Crippen LogP contribution in [0.1, 0.15) is 24.8 Å². The molecule has 2 heterocycles. The Hall–Kier alpha value is -1.15. The molecule has 1 aromatic rings. The van der Waals surface area contributed by atoms with Crippen molar-refractivity contribution in [2.45, 2.75) is 36.6 Å². The summed E-state index contributed by atoms with van der Waals surface area (Å²) < 4.78 is 26.2. The van der Waals surface area contributed by atoms with Crippen LogP contribution in [0.2, 0.25) is 0 Å². The largest absolute Gasteiger partial charge is 0.313 e. The highest BCUT2D eigenvalue weighted by atomic mass is 35.5. The van der Waals surface area contributed by atoms with Crippen LogP contribution in [0, 0.1) is 0 Å². The third-order valence-corrected chi connectivity index (χ3v) is 5.83. The van der Waals surface area contributed by atoms with Gasteiger partial charge in [-0.2, -0.15) is 0 Å². The smallest absolute Gasteiger partial charge is 0.240 e. The van der Waals surface area contributed by atoms with Crippen LogP contribution in [0.3, 0.4) is 0 Å². The van der Waals surface area contributed by atoms with Gasteiger partial charge in [-0.25, -0.2) is 13.1 Å². The molecule has 8 heteroatoms. The molecule has 1 fully saturated rings. The van der Waals surface area contributed by atoms with Crippen LogP contribution in [0.4, 0.5) is 5.69 Å². The van der Waals surface area contributed by atoms with E-state index in [1.165, 1.54) is 7.05 Å². The number of fused-ring (bicyclic) bond motifs is 1. The summed E-state index contributed by atoms with van der Waals surface area (Å²) in [4.78, 5) is 14.4. The van der Waals surface area contributed by atoms with Gasteiger partial charge in [-0.3, -0.25) is 4.79 Å². The monoisotopic (exact) mass is 359 g/mol. The molecule has 0 radical (unpaired) electrons. The standard InChI is InChI=1S/C15H21N3O3S.ClH/c1-16-22(20,21)13-5-4-11-6-8-18(14(11)10-13)15(19)9-12-3-2-7-17-12;/h4-5,10,12,16-17H,2-3,6-9H2,1H3;1H. The van der Waals surface area contributed by atoms with Gasteiger partial charge in [0.2, 0.25) is 15.9 Å². The van der Waals surface area contributed by atoms with Crippen LogP contribution >= 0.6 is 12.4 Å². The van der Waals surface area contributed by atoms with Crippen molar-refractivity contribution in [3.8, 4) is 0 Å². The van der Waals surface area contributed by atoms with Crippen molar-refractivity contribution in [3.05, 3.63) is 23.8 Å². The first-order valence-corrected chi connectivity index (χ1v) is 9.10. The number of sulfonamides is 1. The highest BCUT2D eigenvalue weighted by Crippen LogP contribution is 2.31. The fourth-order valence-corrected chi connectivity index (χ4v) is 3.90. The molecular weight excluding hydrogens is 338 g/mol. The van der Waals surface area contributed by atoms with Crippen molar-refractivity contribution in [3.63, 3.8) is 0 Å². The highest BCUT2D eigenvalue weighted by Gasteiger charge is 2.28. The van der Waals surface area contributed by atoms with Gasteiger partial charge >= 0.3 is 0 Å². The molecule has 128 valence electrons. The second-order valence-electron chi connectivity index (χ2n) is 5.79. The van der Waals surface area contributed by atoms with Gasteiger partial charge < -0.3 is 10.2 Å². The molecule has 0 aromatic heterocycles. The summed E-state index contributed by atoms with van der Waals surface area (Å²) in [6, 6.07) is 5.26. The minimum atomic E-state index is -3.49. The maximum Gasteiger partial charge on any atom is 0.240 e. The van der Waals surface area contributed by atoms with Gasteiger partial charge in [0.05, 0.1) is 4.90 Å². The fourth-order valence-electron chi connectivity index (χ4n) is 3.16. The first-order valence-electron chi connectivity index (χ1n) is 7.61. The van der Waals surface area contributed by atoms with Crippen LogP contribution in [0.5, 0.6) is 0 Å². The van der Waals surface area contributed by atoms with Crippen LogP contribution in [0.25, 0.3) is 0 Å². The zero-order valence-corrected chi connectivity index (χ0v) is 14.7. The zero-order chi connectivity index (χ0) is 15.7. The summed E-state index contributed by atoms with van der Waals surface area (Å²) in [6.07, 6.45) is 3.39. The lowest BCUT2D eigenvalue weighted by Crippen LogP contribution is -2.35. The van der Waals surface area contributed by atoms with E-state index in [0.717, 1.165) is 37.1 Å². The van der Waals surface area contributed by atoms with Crippen molar-refractivity contribution in [2.75, 3.05) is 25.0 Å². The van der Waals surface area contributed by atoms with E-state index in [1.807, 2.05) is 0 Å². The Morgan fingerprint density at radius 1 is 1.43 bits per heavy atom. The van der Waals surface area contributed by atoms with Gasteiger partial charge in [-0.15, -0.1) is 12.4 Å². The van der Waals surface area contributed by atoms with Crippen molar-refractivity contribution in [1.29, 1.82) is 0 Å². The van der Waals surface area contributed by atoms with E-state index >= 15 is 0 Å². The Morgan fingerprint density at radius 3 is 2.87 bits per heavy atom.